The number of hydrogen-bond acceptors (Lipinski definition) is 4. The zero-order valence-corrected chi connectivity index (χ0v) is 11.1. The molecule has 3 nitrogen and oxygen atoms in total. The second-order valence-corrected chi connectivity index (χ2v) is 5.71. The molecular weight excluding hydrogens is 208 g/mol. The zero-order chi connectivity index (χ0) is 11.5. The van der Waals surface area contributed by atoms with Crippen LogP contribution >= 0.6 is 11.8 Å². The van der Waals surface area contributed by atoms with Crippen LogP contribution < -0.4 is 5.73 Å². The minimum Gasteiger partial charge on any atom is -0.380 e. The molecule has 0 aliphatic carbocycles. The van der Waals surface area contributed by atoms with Crippen LogP contribution in [0.1, 0.15) is 20.8 Å². The Labute approximate surface area is 97.7 Å². The smallest absolute Gasteiger partial charge is 0.0736 e. The predicted molar refractivity (Wildman–Crippen MR) is 67.4 cm³/mol. The van der Waals surface area contributed by atoms with Crippen LogP contribution in [0, 0.1) is 0 Å². The quantitative estimate of drug-likeness (QED) is 0.790. The normalized spacial score (nSPS) is 29.8. The van der Waals surface area contributed by atoms with Gasteiger partial charge in [-0.1, -0.05) is 0 Å². The Morgan fingerprint density at radius 1 is 1.67 bits per heavy atom. The summed E-state index contributed by atoms with van der Waals surface area (Å²) in [4.78, 5) is 2.51. The van der Waals surface area contributed by atoms with Crippen molar-refractivity contribution in [1.82, 2.24) is 4.90 Å². The molecule has 1 aliphatic heterocycles. The second kappa shape index (κ2) is 5.53. The maximum atomic E-state index is 5.95. The average molecular weight is 232 g/mol. The number of nitrogens with two attached hydrogens (primary N) is 1. The van der Waals surface area contributed by atoms with Crippen LogP contribution in [-0.2, 0) is 4.74 Å². The first-order valence-corrected chi connectivity index (χ1v) is 6.79. The fraction of sp³-hybridized carbons (Fsp3) is 1.00. The molecule has 3 atom stereocenters. The van der Waals surface area contributed by atoms with E-state index in [9.17, 15) is 0 Å². The van der Waals surface area contributed by atoms with Crippen molar-refractivity contribution in [2.24, 2.45) is 5.73 Å². The van der Waals surface area contributed by atoms with Gasteiger partial charge in [0.15, 0.2) is 0 Å². The minimum absolute atomic E-state index is 0.0326. The van der Waals surface area contributed by atoms with Gasteiger partial charge in [-0.2, -0.15) is 11.8 Å². The van der Waals surface area contributed by atoms with Crippen molar-refractivity contribution in [1.29, 1.82) is 0 Å². The van der Waals surface area contributed by atoms with Gasteiger partial charge in [-0.25, -0.2) is 0 Å². The summed E-state index contributed by atoms with van der Waals surface area (Å²) >= 11 is 2.03. The van der Waals surface area contributed by atoms with Crippen molar-refractivity contribution < 1.29 is 4.74 Å². The lowest BCUT2D eigenvalue weighted by Crippen LogP contribution is -2.63. The molecule has 15 heavy (non-hydrogen) atoms. The van der Waals surface area contributed by atoms with E-state index in [2.05, 4.69) is 25.7 Å². The standard InChI is InChI=1S/C11H24N2OS/c1-9-7-15-6-5-13(9)11(3,8-12)10(2)14-4/h9-10H,5-8,12H2,1-4H3. The first-order valence-electron chi connectivity index (χ1n) is 5.63. The van der Waals surface area contributed by atoms with Crippen LogP contribution in [0.25, 0.3) is 0 Å². The van der Waals surface area contributed by atoms with Gasteiger partial charge in [-0.05, 0) is 20.8 Å². The Kier molecular flexibility index (Phi) is 4.90. The minimum atomic E-state index is -0.0326. The molecule has 1 fully saturated rings. The maximum absolute atomic E-state index is 5.95. The lowest BCUT2D eigenvalue weighted by molar-refractivity contribution is -0.0426. The van der Waals surface area contributed by atoms with Gasteiger partial charge < -0.3 is 10.5 Å². The van der Waals surface area contributed by atoms with Crippen LogP contribution in [0.5, 0.6) is 0 Å². The summed E-state index contributed by atoms with van der Waals surface area (Å²) < 4.78 is 5.48. The van der Waals surface area contributed by atoms with Gasteiger partial charge in [-0.15, -0.1) is 0 Å². The van der Waals surface area contributed by atoms with Crippen LogP contribution in [0.2, 0.25) is 0 Å². The molecular formula is C11H24N2OS. The topological polar surface area (TPSA) is 38.5 Å². The lowest BCUT2D eigenvalue weighted by Gasteiger charge is -2.49. The number of ether oxygens (including phenoxy) is 1. The molecule has 0 bridgehead atoms. The van der Waals surface area contributed by atoms with Gasteiger partial charge >= 0.3 is 0 Å². The summed E-state index contributed by atoms with van der Waals surface area (Å²) in [7, 11) is 1.77. The highest BCUT2D eigenvalue weighted by atomic mass is 32.2. The van der Waals surface area contributed by atoms with E-state index in [1.165, 1.54) is 11.5 Å². The zero-order valence-electron chi connectivity index (χ0n) is 10.3. The molecule has 0 amide bonds. The van der Waals surface area contributed by atoms with E-state index in [1.807, 2.05) is 11.8 Å². The van der Waals surface area contributed by atoms with E-state index in [0.29, 0.717) is 12.6 Å². The average Bonchev–Trinajstić information content (AvgIpc) is 2.27. The third-order valence-corrected chi connectivity index (χ3v) is 4.86. The molecule has 1 aliphatic rings. The van der Waals surface area contributed by atoms with Crippen molar-refractivity contribution in [3.8, 4) is 0 Å². The van der Waals surface area contributed by atoms with Gasteiger partial charge in [0.1, 0.15) is 0 Å². The molecule has 1 rings (SSSR count). The summed E-state index contributed by atoms with van der Waals surface area (Å²) in [6.07, 6.45) is 0.174. The van der Waals surface area contributed by atoms with E-state index in [0.717, 1.165) is 6.54 Å². The van der Waals surface area contributed by atoms with E-state index in [-0.39, 0.29) is 11.6 Å². The first kappa shape index (κ1) is 13.3. The Morgan fingerprint density at radius 3 is 2.80 bits per heavy atom. The summed E-state index contributed by atoms with van der Waals surface area (Å²) in [5, 5.41) is 0. The molecule has 0 aromatic heterocycles. The molecule has 1 heterocycles. The molecule has 4 heteroatoms. The molecule has 0 saturated carbocycles. The summed E-state index contributed by atoms with van der Waals surface area (Å²) in [5.74, 6) is 2.41. The number of methoxy groups -OCH3 is 1. The summed E-state index contributed by atoms with van der Waals surface area (Å²) in [5.41, 5.74) is 5.92. The van der Waals surface area contributed by atoms with Crippen LogP contribution in [-0.4, -0.2) is 54.3 Å². The molecule has 0 aromatic carbocycles. The second-order valence-electron chi connectivity index (χ2n) is 4.56. The van der Waals surface area contributed by atoms with Crippen molar-refractivity contribution in [3.63, 3.8) is 0 Å². The van der Waals surface area contributed by atoms with Gasteiger partial charge in [0.25, 0.3) is 0 Å². The summed E-state index contributed by atoms with van der Waals surface area (Å²) in [6.45, 7) is 8.38. The lowest BCUT2D eigenvalue weighted by atomic mass is 9.91. The van der Waals surface area contributed by atoms with Crippen LogP contribution in [0.4, 0.5) is 0 Å². The van der Waals surface area contributed by atoms with Crippen molar-refractivity contribution >= 4 is 11.8 Å². The molecule has 0 radical (unpaired) electrons. The highest BCUT2D eigenvalue weighted by Crippen LogP contribution is 2.28. The molecule has 0 spiro atoms. The number of thioether (sulfide) groups is 1. The highest BCUT2D eigenvalue weighted by molar-refractivity contribution is 7.99. The van der Waals surface area contributed by atoms with Crippen LogP contribution in [0.3, 0.4) is 0 Å². The van der Waals surface area contributed by atoms with Gasteiger partial charge in [-0.3, -0.25) is 4.90 Å². The third kappa shape index (κ3) is 2.67. The Morgan fingerprint density at radius 2 is 2.33 bits per heavy atom. The van der Waals surface area contributed by atoms with Gasteiger partial charge in [0.05, 0.1) is 11.6 Å². The number of nitrogens with zero attached hydrogens (tertiary/aromatic N) is 1. The van der Waals surface area contributed by atoms with E-state index >= 15 is 0 Å². The molecule has 90 valence electrons. The van der Waals surface area contributed by atoms with Crippen molar-refractivity contribution in [2.75, 3.05) is 31.7 Å². The Balaban J connectivity index is 2.78. The monoisotopic (exact) mass is 232 g/mol. The van der Waals surface area contributed by atoms with Gasteiger partial charge in [0.2, 0.25) is 0 Å². The molecule has 2 N–H and O–H groups in total. The van der Waals surface area contributed by atoms with E-state index in [1.54, 1.807) is 7.11 Å². The number of hydrogen-bond donors (Lipinski definition) is 1. The van der Waals surface area contributed by atoms with Crippen molar-refractivity contribution in [3.05, 3.63) is 0 Å². The fourth-order valence-electron chi connectivity index (χ4n) is 2.26. The van der Waals surface area contributed by atoms with E-state index in [4.69, 9.17) is 10.5 Å². The molecule has 0 aromatic rings. The maximum Gasteiger partial charge on any atom is 0.0736 e. The first-order chi connectivity index (χ1) is 7.06. The SMILES string of the molecule is COC(C)C(C)(CN)N1CCSCC1C. The Hall–Kier alpha value is 0.230. The fourth-order valence-corrected chi connectivity index (χ4v) is 3.27. The molecule has 1 saturated heterocycles. The Bertz CT molecular complexity index is 203. The largest absolute Gasteiger partial charge is 0.380 e. The van der Waals surface area contributed by atoms with Gasteiger partial charge in [0, 0.05) is 37.7 Å². The predicted octanol–water partition coefficient (Wildman–Crippen LogP) is 1.18. The van der Waals surface area contributed by atoms with Crippen LogP contribution in [0.15, 0.2) is 0 Å². The molecule has 3 unspecified atom stereocenters. The highest BCUT2D eigenvalue weighted by Gasteiger charge is 2.39. The van der Waals surface area contributed by atoms with Crippen molar-refractivity contribution in [2.45, 2.75) is 38.5 Å². The summed E-state index contributed by atoms with van der Waals surface area (Å²) in [6, 6.07) is 0.592. The number of rotatable bonds is 4. The third-order valence-electron chi connectivity index (χ3n) is 3.67. The van der Waals surface area contributed by atoms with E-state index < -0.39 is 0 Å².